The maximum atomic E-state index is 12.9. The van der Waals surface area contributed by atoms with Gasteiger partial charge in [0.15, 0.2) is 0 Å². The van der Waals surface area contributed by atoms with Gasteiger partial charge in [0.2, 0.25) is 11.8 Å². The van der Waals surface area contributed by atoms with E-state index in [1.165, 1.54) is 12.1 Å². The van der Waals surface area contributed by atoms with Gasteiger partial charge in [-0.1, -0.05) is 0 Å². The van der Waals surface area contributed by atoms with Gasteiger partial charge in [-0.2, -0.15) is 0 Å². The molecule has 6 heteroatoms. The molecule has 0 spiro atoms. The molecule has 0 amide bonds. The van der Waals surface area contributed by atoms with E-state index in [4.69, 9.17) is 8.83 Å². The molecule has 3 rings (SSSR count). The van der Waals surface area contributed by atoms with Crippen LogP contribution in [0.25, 0.3) is 11.5 Å². The molecule has 0 fully saturated rings. The number of nitrogens with zero attached hydrogens (tertiary/aromatic N) is 3. The topological polar surface area (TPSA) is 55.3 Å². The molecular formula is C16H16FN3O2. The summed E-state index contributed by atoms with van der Waals surface area (Å²) in [6.07, 6.45) is 1.65. The molecule has 2 heterocycles. The fraction of sp³-hybridized carbons (Fsp3) is 0.250. The predicted molar refractivity (Wildman–Crippen MR) is 78.3 cm³/mol. The Morgan fingerprint density at radius 3 is 2.64 bits per heavy atom. The van der Waals surface area contributed by atoms with E-state index in [0.717, 1.165) is 5.76 Å². The summed E-state index contributed by atoms with van der Waals surface area (Å²) < 4.78 is 24.0. The summed E-state index contributed by atoms with van der Waals surface area (Å²) in [6, 6.07) is 9.67. The van der Waals surface area contributed by atoms with Crippen molar-refractivity contribution in [2.45, 2.75) is 19.5 Å². The summed E-state index contributed by atoms with van der Waals surface area (Å²) >= 11 is 0. The second kappa shape index (κ2) is 6.11. The highest BCUT2D eigenvalue weighted by Gasteiger charge is 2.20. The molecule has 2 aromatic heterocycles. The zero-order valence-electron chi connectivity index (χ0n) is 12.4. The van der Waals surface area contributed by atoms with Gasteiger partial charge >= 0.3 is 0 Å². The van der Waals surface area contributed by atoms with Gasteiger partial charge in [-0.25, -0.2) is 4.39 Å². The van der Waals surface area contributed by atoms with Crippen molar-refractivity contribution < 1.29 is 13.2 Å². The lowest BCUT2D eigenvalue weighted by Crippen LogP contribution is -2.21. The maximum Gasteiger partial charge on any atom is 0.247 e. The van der Waals surface area contributed by atoms with Crippen LogP contribution in [0.3, 0.4) is 0 Å². The summed E-state index contributed by atoms with van der Waals surface area (Å²) in [4.78, 5) is 2.04. The average molecular weight is 301 g/mol. The zero-order valence-corrected chi connectivity index (χ0v) is 12.4. The van der Waals surface area contributed by atoms with Crippen LogP contribution in [-0.2, 0) is 6.54 Å². The van der Waals surface area contributed by atoms with E-state index in [2.05, 4.69) is 10.2 Å². The molecule has 1 unspecified atom stereocenters. The minimum absolute atomic E-state index is 0.0631. The quantitative estimate of drug-likeness (QED) is 0.720. The first-order valence-electron chi connectivity index (χ1n) is 6.95. The van der Waals surface area contributed by atoms with Crippen LogP contribution in [0, 0.1) is 5.82 Å². The molecule has 0 N–H and O–H groups in total. The normalized spacial score (nSPS) is 12.7. The van der Waals surface area contributed by atoms with Crippen LogP contribution in [0.1, 0.15) is 24.6 Å². The van der Waals surface area contributed by atoms with Crippen LogP contribution >= 0.6 is 0 Å². The molecule has 0 aliphatic carbocycles. The Bertz CT molecular complexity index is 722. The van der Waals surface area contributed by atoms with Crippen LogP contribution in [0.2, 0.25) is 0 Å². The third kappa shape index (κ3) is 3.07. The first-order chi connectivity index (χ1) is 10.6. The van der Waals surface area contributed by atoms with Crippen molar-refractivity contribution in [3.8, 4) is 11.5 Å². The number of hydrogen-bond donors (Lipinski definition) is 0. The third-order valence-electron chi connectivity index (χ3n) is 3.54. The summed E-state index contributed by atoms with van der Waals surface area (Å²) in [5.41, 5.74) is 0.695. The summed E-state index contributed by atoms with van der Waals surface area (Å²) in [6.45, 7) is 2.62. The van der Waals surface area contributed by atoms with Gasteiger partial charge in [-0.3, -0.25) is 4.90 Å². The molecular weight excluding hydrogens is 285 g/mol. The number of benzene rings is 1. The minimum Gasteiger partial charge on any atom is -0.468 e. The fourth-order valence-electron chi connectivity index (χ4n) is 2.09. The Kier molecular flexibility index (Phi) is 4.02. The maximum absolute atomic E-state index is 12.9. The Labute approximate surface area is 127 Å². The summed E-state index contributed by atoms with van der Waals surface area (Å²) in [7, 11) is 1.95. The standard InChI is InChI=1S/C16H16FN3O2/c1-11(20(2)10-14-4-3-9-21-14)15-18-19-16(22-15)12-5-7-13(17)8-6-12/h3-9,11H,10H2,1-2H3. The number of hydrogen-bond acceptors (Lipinski definition) is 5. The lowest BCUT2D eigenvalue weighted by atomic mass is 10.2. The Morgan fingerprint density at radius 1 is 1.18 bits per heavy atom. The van der Waals surface area contributed by atoms with Gasteiger partial charge < -0.3 is 8.83 Å². The van der Waals surface area contributed by atoms with E-state index in [0.29, 0.717) is 23.9 Å². The first-order valence-corrected chi connectivity index (χ1v) is 6.95. The molecule has 0 saturated carbocycles. The molecule has 0 aliphatic heterocycles. The van der Waals surface area contributed by atoms with Crippen molar-refractivity contribution in [1.82, 2.24) is 15.1 Å². The second-order valence-electron chi connectivity index (χ2n) is 5.12. The van der Waals surface area contributed by atoms with Crippen LogP contribution in [-0.4, -0.2) is 22.1 Å². The van der Waals surface area contributed by atoms with E-state index in [-0.39, 0.29) is 11.9 Å². The fourth-order valence-corrected chi connectivity index (χ4v) is 2.09. The average Bonchev–Trinajstić information content (AvgIpc) is 3.18. The summed E-state index contributed by atoms with van der Waals surface area (Å²) in [5.74, 6) is 1.46. The van der Waals surface area contributed by atoms with E-state index >= 15 is 0 Å². The van der Waals surface area contributed by atoms with Crippen LogP contribution in [0.15, 0.2) is 51.5 Å². The third-order valence-corrected chi connectivity index (χ3v) is 3.54. The molecule has 5 nitrogen and oxygen atoms in total. The highest BCUT2D eigenvalue weighted by molar-refractivity contribution is 5.51. The van der Waals surface area contributed by atoms with Crippen molar-refractivity contribution in [2.24, 2.45) is 0 Å². The molecule has 1 aromatic carbocycles. The lowest BCUT2D eigenvalue weighted by Gasteiger charge is -2.20. The molecule has 3 aromatic rings. The SMILES string of the molecule is CC(c1nnc(-c2ccc(F)cc2)o1)N(C)Cc1ccco1. The minimum atomic E-state index is -0.296. The molecule has 1 atom stereocenters. The second-order valence-corrected chi connectivity index (χ2v) is 5.12. The van der Waals surface area contributed by atoms with Crippen molar-refractivity contribution in [3.63, 3.8) is 0 Å². The van der Waals surface area contributed by atoms with Crippen molar-refractivity contribution in [1.29, 1.82) is 0 Å². The van der Waals surface area contributed by atoms with Gasteiger partial charge in [0, 0.05) is 5.56 Å². The number of halogens is 1. The van der Waals surface area contributed by atoms with E-state index in [1.54, 1.807) is 18.4 Å². The Balaban J connectivity index is 1.73. The Morgan fingerprint density at radius 2 is 1.95 bits per heavy atom. The van der Waals surface area contributed by atoms with E-state index < -0.39 is 0 Å². The smallest absolute Gasteiger partial charge is 0.247 e. The van der Waals surface area contributed by atoms with Gasteiger partial charge in [0.25, 0.3) is 0 Å². The zero-order chi connectivity index (χ0) is 15.5. The van der Waals surface area contributed by atoms with Crippen LogP contribution in [0.5, 0.6) is 0 Å². The van der Waals surface area contributed by atoms with Gasteiger partial charge in [0.05, 0.1) is 18.8 Å². The van der Waals surface area contributed by atoms with E-state index in [9.17, 15) is 4.39 Å². The molecule has 0 bridgehead atoms. The lowest BCUT2D eigenvalue weighted by molar-refractivity contribution is 0.203. The van der Waals surface area contributed by atoms with Crippen molar-refractivity contribution >= 4 is 0 Å². The highest BCUT2D eigenvalue weighted by atomic mass is 19.1. The highest BCUT2D eigenvalue weighted by Crippen LogP contribution is 2.24. The number of rotatable bonds is 5. The van der Waals surface area contributed by atoms with Gasteiger partial charge in [-0.05, 0) is 50.4 Å². The Hall–Kier alpha value is -2.47. The van der Waals surface area contributed by atoms with Gasteiger partial charge in [0.1, 0.15) is 11.6 Å². The molecule has 0 saturated heterocycles. The van der Waals surface area contributed by atoms with E-state index in [1.807, 2.05) is 31.0 Å². The van der Waals surface area contributed by atoms with Crippen LogP contribution < -0.4 is 0 Å². The van der Waals surface area contributed by atoms with Crippen molar-refractivity contribution in [2.75, 3.05) is 7.05 Å². The summed E-state index contributed by atoms with van der Waals surface area (Å²) in [5, 5.41) is 8.11. The largest absolute Gasteiger partial charge is 0.468 e. The molecule has 114 valence electrons. The van der Waals surface area contributed by atoms with Crippen LogP contribution in [0.4, 0.5) is 4.39 Å². The number of furan rings is 1. The number of aromatic nitrogens is 2. The molecule has 0 radical (unpaired) electrons. The van der Waals surface area contributed by atoms with Crippen molar-refractivity contribution in [3.05, 3.63) is 60.1 Å². The monoisotopic (exact) mass is 301 g/mol. The predicted octanol–water partition coefficient (Wildman–Crippen LogP) is 3.66. The van der Waals surface area contributed by atoms with Gasteiger partial charge in [-0.15, -0.1) is 10.2 Å². The first kappa shape index (κ1) is 14.5. The molecule has 22 heavy (non-hydrogen) atoms. The molecule has 0 aliphatic rings.